The average Bonchev–Trinajstić information content (AvgIpc) is 3.05. The van der Waals surface area contributed by atoms with Crippen LogP contribution in [0.25, 0.3) is 0 Å². The first-order chi connectivity index (χ1) is 11.9. The van der Waals surface area contributed by atoms with Gasteiger partial charge in [0.25, 0.3) is 5.91 Å². The maximum Gasteiger partial charge on any atom is 0.255 e. The third-order valence-electron chi connectivity index (χ3n) is 3.31. The average molecular weight is 409 g/mol. The highest BCUT2D eigenvalue weighted by molar-refractivity contribution is 9.10. The summed E-state index contributed by atoms with van der Waals surface area (Å²) in [6, 6.07) is 7.96. The number of hydrogen-bond acceptors (Lipinski definition) is 4. The predicted octanol–water partition coefficient (Wildman–Crippen LogP) is 3.26. The molecular weight excluding hydrogens is 388 g/mol. The van der Waals surface area contributed by atoms with E-state index in [0.29, 0.717) is 17.1 Å². The molecule has 2 rings (SSSR count). The van der Waals surface area contributed by atoms with Gasteiger partial charge in [-0.05, 0) is 51.1 Å². The van der Waals surface area contributed by atoms with E-state index in [4.69, 9.17) is 9.15 Å². The first-order valence-corrected chi connectivity index (χ1v) is 8.73. The zero-order valence-electron chi connectivity index (χ0n) is 14.3. The van der Waals surface area contributed by atoms with Crippen LogP contribution in [0.4, 0.5) is 0 Å². The minimum absolute atomic E-state index is 0.0742. The Kier molecular flexibility index (Phi) is 6.64. The molecule has 7 heteroatoms. The van der Waals surface area contributed by atoms with Crippen molar-refractivity contribution < 1.29 is 18.7 Å². The maximum atomic E-state index is 12.5. The molecule has 1 heterocycles. The quantitative estimate of drug-likeness (QED) is 0.736. The van der Waals surface area contributed by atoms with Crippen LogP contribution in [0.15, 0.2) is 45.5 Å². The van der Waals surface area contributed by atoms with E-state index in [9.17, 15) is 9.59 Å². The molecule has 0 saturated heterocycles. The Balaban J connectivity index is 1.99. The van der Waals surface area contributed by atoms with Crippen molar-refractivity contribution in [2.45, 2.75) is 39.5 Å². The van der Waals surface area contributed by atoms with Crippen LogP contribution in [-0.4, -0.2) is 24.0 Å². The highest BCUT2D eigenvalue weighted by atomic mass is 79.9. The highest BCUT2D eigenvalue weighted by Crippen LogP contribution is 2.25. The molecule has 2 aromatic rings. The molecule has 25 heavy (non-hydrogen) atoms. The summed E-state index contributed by atoms with van der Waals surface area (Å²) in [6.07, 6.45) is 1.46. The van der Waals surface area contributed by atoms with Crippen LogP contribution in [0.3, 0.4) is 0 Å². The van der Waals surface area contributed by atoms with Crippen molar-refractivity contribution in [1.29, 1.82) is 0 Å². The summed E-state index contributed by atoms with van der Waals surface area (Å²) in [7, 11) is 0. The first-order valence-electron chi connectivity index (χ1n) is 7.94. The summed E-state index contributed by atoms with van der Waals surface area (Å²) < 4.78 is 11.6. The van der Waals surface area contributed by atoms with Crippen LogP contribution in [0.2, 0.25) is 0 Å². The number of halogens is 1. The molecule has 1 unspecified atom stereocenters. The fraction of sp³-hybridized carbons (Fsp3) is 0.333. The van der Waals surface area contributed by atoms with Gasteiger partial charge >= 0.3 is 0 Å². The van der Waals surface area contributed by atoms with Crippen molar-refractivity contribution in [2.24, 2.45) is 0 Å². The standard InChI is InChI=1S/C18H21BrN2O4/c1-11(2)25-16-9-13(19)6-7-15(16)18(23)21-12(3)17(22)20-10-14-5-4-8-24-14/h4-9,11-12H,10H2,1-3H3,(H,20,22)(H,21,23). The minimum atomic E-state index is -0.696. The largest absolute Gasteiger partial charge is 0.490 e. The molecular formula is C18H21BrN2O4. The van der Waals surface area contributed by atoms with Crippen molar-refractivity contribution in [2.75, 3.05) is 0 Å². The second-order valence-corrected chi connectivity index (χ2v) is 6.72. The molecule has 1 atom stereocenters. The third-order valence-corrected chi connectivity index (χ3v) is 3.80. The first kappa shape index (κ1) is 19.1. The molecule has 1 aromatic carbocycles. The number of amides is 2. The van der Waals surface area contributed by atoms with Crippen LogP contribution < -0.4 is 15.4 Å². The van der Waals surface area contributed by atoms with Gasteiger partial charge in [-0.15, -0.1) is 0 Å². The van der Waals surface area contributed by atoms with Gasteiger partial charge < -0.3 is 19.8 Å². The molecule has 2 amide bonds. The zero-order chi connectivity index (χ0) is 18.4. The van der Waals surface area contributed by atoms with E-state index in [2.05, 4.69) is 26.6 Å². The van der Waals surface area contributed by atoms with E-state index in [1.165, 1.54) is 6.26 Å². The van der Waals surface area contributed by atoms with Crippen molar-refractivity contribution in [3.05, 3.63) is 52.4 Å². The SMILES string of the molecule is CC(C)Oc1cc(Br)ccc1C(=O)NC(C)C(=O)NCc1ccco1. The fourth-order valence-corrected chi connectivity index (χ4v) is 2.46. The van der Waals surface area contributed by atoms with E-state index in [1.807, 2.05) is 13.8 Å². The van der Waals surface area contributed by atoms with Crippen molar-refractivity contribution >= 4 is 27.7 Å². The van der Waals surface area contributed by atoms with Gasteiger partial charge in [-0.25, -0.2) is 0 Å². The Labute approximate surface area is 155 Å². The summed E-state index contributed by atoms with van der Waals surface area (Å²) in [5, 5.41) is 5.39. The molecule has 0 aliphatic heterocycles. The maximum absolute atomic E-state index is 12.5. The minimum Gasteiger partial charge on any atom is -0.490 e. The van der Waals surface area contributed by atoms with Crippen molar-refractivity contribution in [3.63, 3.8) is 0 Å². The van der Waals surface area contributed by atoms with Crippen molar-refractivity contribution in [3.8, 4) is 5.75 Å². The Morgan fingerprint density at radius 2 is 2.00 bits per heavy atom. The molecule has 0 fully saturated rings. The Hall–Kier alpha value is -2.28. The molecule has 0 aliphatic carbocycles. The van der Waals surface area contributed by atoms with E-state index >= 15 is 0 Å². The van der Waals surface area contributed by atoms with Gasteiger partial charge in [0.15, 0.2) is 0 Å². The van der Waals surface area contributed by atoms with Crippen LogP contribution in [-0.2, 0) is 11.3 Å². The number of carbonyl (C=O) groups is 2. The molecule has 6 nitrogen and oxygen atoms in total. The van der Waals surface area contributed by atoms with Gasteiger partial charge in [0.2, 0.25) is 5.91 Å². The number of rotatable bonds is 7. The number of hydrogen-bond donors (Lipinski definition) is 2. The second kappa shape index (κ2) is 8.71. The number of ether oxygens (including phenoxy) is 1. The Bertz CT molecular complexity index is 729. The molecule has 0 spiro atoms. The lowest BCUT2D eigenvalue weighted by Crippen LogP contribution is -2.44. The topological polar surface area (TPSA) is 80.6 Å². The normalized spacial score (nSPS) is 11.9. The lowest BCUT2D eigenvalue weighted by atomic mass is 10.1. The molecule has 2 N–H and O–H groups in total. The van der Waals surface area contributed by atoms with E-state index in [-0.39, 0.29) is 24.5 Å². The Morgan fingerprint density at radius 3 is 2.64 bits per heavy atom. The van der Waals surface area contributed by atoms with E-state index in [1.54, 1.807) is 37.3 Å². The number of furan rings is 1. The van der Waals surface area contributed by atoms with E-state index in [0.717, 1.165) is 4.47 Å². The summed E-state index contributed by atoms with van der Waals surface area (Å²) in [4.78, 5) is 24.6. The monoisotopic (exact) mass is 408 g/mol. The molecule has 134 valence electrons. The summed E-state index contributed by atoms with van der Waals surface area (Å²) in [5.74, 6) is 0.439. The van der Waals surface area contributed by atoms with Crippen LogP contribution >= 0.6 is 15.9 Å². The molecule has 0 bridgehead atoms. The van der Waals surface area contributed by atoms with Gasteiger partial charge in [-0.3, -0.25) is 9.59 Å². The third kappa shape index (κ3) is 5.63. The van der Waals surface area contributed by atoms with Crippen molar-refractivity contribution in [1.82, 2.24) is 10.6 Å². The Morgan fingerprint density at radius 1 is 1.24 bits per heavy atom. The zero-order valence-corrected chi connectivity index (χ0v) is 15.9. The van der Waals surface area contributed by atoms with Crippen LogP contribution in [0.5, 0.6) is 5.75 Å². The molecule has 0 saturated carbocycles. The number of carbonyl (C=O) groups excluding carboxylic acids is 2. The fourth-order valence-electron chi connectivity index (χ4n) is 2.12. The summed E-state index contributed by atoms with van der Waals surface area (Å²) in [6.45, 7) is 5.66. The predicted molar refractivity (Wildman–Crippen MR) is 97.4 cm³/mol. The van der Waals surface area contributed by atoms with Crippen LogP contribution in [0.1, 0.15) is 36.9 Å². The lowest BCUT2D eigenvalue weighted by molar-refractivity contribution is -0.122. The molecule has 1 aromatic heterocycles. The highest BCUT2D eigenvalue weighted by Gasteiger charge is 2.20. The lowest BCUT2D eigenvalue weighted by Gasteiger charge is -2.17. The van der Waals surface area contributed by atoms with Gasteiger partial charge in [-0.1, -0.05) is 15.9 Å². The summed E-state index contributed by atoms with van der Waals surface area (Å²) in [5.41, 5.74) is 0.377. The van der Waals surface area contributed by atoms with E-state index < -0.39 is 6.04 Å². The van der Waals surface area contributed by atoms with Crippen LogP contribution in [0, 0.1) is 0 Å². The molecule has 0 aliphatic rings. The second-order valence-electron chi connectivity index (χ2n) is 5.80. The smallest absolute Gasteiger partial charge is 0.255 e. The van der Waals surface area contributed by atoms with Gasteiger partial charge in [-0.2, -0.15) is 0 Å². The molecule has 0 radical (unpaired) electrons. The van der Waals surface area contributed by atoms with Gasteiger partial charge in [0, 0.05) is 4.47 Å². The summed E-state index contributed by atoms with van der Waals surface area (Å²) >= 11 is 3.36. The van der Waals surface area contributed by atoms with Gasteiger partial charge in [0.1, 0.15) is 17.6 Å². The van der Waals surface area contributed by atoms with Gasteiger partial charge in [0.05, 0.1) is 24.5 Å². The number of nitrogens with one attached hydrogen (secondary N) is 2. The number of benzene rings is 1.